The summed E-state index contributed by atoms with van der Waals surface area (Å²) >= 11 is 6.55. The molecule has 1 aromatic carbocycles. The van der Waals surface area contributed by atoms with Crippen LogP contribution in [0.1, 0.15) is 59.9 Å². The first-order chi connectivity index (χ1) is 16.4. The Bertz CT molecular complexity index is 1350. The number of benzene rings is 1. The molecule has 1 fully saturated rings. The molecule has 0 atom stereocenters. The molecule has 35 heavy (non-hydrogen) atoms. The van der Waals surface area contributed by atoms with Gasteiger partial charge in [0, 0.05) is 35.3 Å². The van der Waals surface area contributed by atoms with Crippen molar-refractivity contribution in [2.24, 2.45) is 5.41 Å². The zero-order chi connectivity index (χ0) is 25.3. The molecule has 184 valence electrons. The molecule has 3 heterocycles. The van der Waals surface area contributed by atoms with E-state index in [0.717, 1.165) is 52.9 Å². The summed E-state index contributed by atoms with van der Waals surface area (Å²) in [5.41, 5.74) is 4.14. The minimum atomic E-state index is -0.609. The topological polar surface area (TPSA) is 80.1 Å². The zero-order valence-electron chi connectivity index (χ0n) is 21.1. The molecule has 8 heteroatoms. The third-order valence-corrected chi connectivity index (χ3v) is 7.63. The lowest BCUT2D eigenvalue weighted by Gasteiger charge is -2.43. The van der Waals surface area contributed by atoms with Gasteiger partial charge in [0.05, 0.1) is 23.0 Å². The summed E-state index contributed by atoms with van der Waals surface area (Å²) in [5.74, 6) is 0.138. The van der Waals surface area contributed by atoms with Crippen molar-refractivity contribution in [2.45, 2.75) is 78.4 Å². The van der Waals surface area contributed by atoms with Crippen molar-refractivity contribution in [3.63, 3.8) is 0 Å². The van der Waals surface area contributed by atoms with Crippen LogP contribution in [0.2, 0.25) is 5.15 Å². The molecule has 0 bridgehead atoms. The lowest BCUT2D eigenvalue weighted by molar-refractivity contribution is -0.129. The Kier molecular flexibility index (Phi) is 5.47. The Morgan fingerprint density at radius 1 is 1.23 bits per heavy atom. The van der Waals surface area contributed by atoms with Gasteiger partial charge in [0.25, 0.3) is 0 Å². The van der Waals surface area contributed by atoms with Gasteiger partial charge in [-0.05, 0) is 51.3 Å². The van der Waals surface area contributed by atoms with E-state index in [1.165, 1.54) is 0 Å². The van der Waals surface area contributed by atoms with Crippen molar-refractivity contribution in [3.05, 3.63) is 41.3 Å². The van der Waals surface area contributed by atoms with Gasteiger partial charge in [-0.25, -0.2) is 9.97 Å². The van der Waals surface area contributed by atoms with E-state index in [0.29, 0.717) is 5.15 Å². The maximum atomic E-state index is 13.5. The van der Waals surface area contributed by atoms with Crippen LogP contribution in [0.3, 0.4) is 0 Å². The molecule has 5 rings (SSSR count). The summed E-state index contributed by atoms with van der Waals surface area (Å²) in [4.78, 5) is 37.0. The summed E-state index contributed by atoms with van der Waals surface area (Å²) in [6, 6.07) is 8.18. The van der Waals surface area contributed by atoms with Crippen LogP contribution in [0.25, 0.3) is 22.3 Å². The fraction of sp³-hybridized carbons (Fsp3) is 0.481. The number of carbonyl (C=O) groups is 2. The van der Waals surface area contributed by atoms with Gasteiger partial charge < -0.3 is 14.8 Å². The molecular formula is C27H32ClN5O2. The number of nitrogens with one attached hydrogen (secondary N) is 1. The van der Waals surface area contributed by atoms with Crippen LogP contribution in [0.4, 0.5) is 5.69 Å². The highest BCUT2D eigenvalue weighted by molar-refractivity contribution is 6.34. The zero-order valence-corrected chi connectivity index (χ0v) is 21.9. The van der Waals surface area contributed by atoms with Gasteiger partial charge >= 0.3 is 0 Å². The van der Waals surface area contributed by atoms with Crippen molar-refractivity contribution in [2.75, 3.05) is 4.90 Å². The van der Waals surface area contributed by atoms with Crippen LogP contribution >= 0.6 is 11.6 Å². The monoisotopic (exact) mass is 493 g/mol. The summed E-state index contributed by atoms with van der Waals surface area (Å²) in [5, 5.41) is 3.54. The van der Waals surface area contributed by atoms with Crippen molar-refractivity contribution in [3.8, 4) is 11.3 Å². The predicted octanol–water partition coefficient (Wildman–Crippen LogP) is 5.09. The van der Waals surface area contributed by atoms with Crippen LogP contribution in [-0.2, 0) is 21.5 Å². The molecule has 1 aliphatic heterocycles. The first-order valence-corrected chi connectivity index (χ1v) is 12.6. The molecule has 0 spiro atoms. The van der Waals surface area contributed by atoms with E-state index < -0.39 is 10.8 Å². The number of carbonyl (C=O) groups excluding carboxylic acids is 2. The molecule has 0 saturated heterocycles. The minimum absolute atomic E-state index is 0.0422. The number of rotatable bonds is 4. The normalized spacial score (nSPS) is 21.2. The van der Waals surface area contributed by atoms with E-state index in [4.69, 9.17) is 11.6 Å². The Morgan fingerprint density at radius 3 is 2.60 bits per heavy atom. The fourth-order valence-corrected chi connectivity index (χ4v) is 5.36. The second-order valence-electron chi connectivity index (χ2n) is 11.3. The lowest BCUT2D eigenvalue weighted by Crippen LogP contribution is -2.57. The van der Waals surface area contributed by atoms with E-state index in [1.54, 1.807) is 6.33 Å². The van der Waals surface area contributed by atoms with Crippen molar-refractivity contribution < 1.29 is 9.59 Å². The molecule has 1 saturated carbocycles. The van der Waals surface area contributed by atoms with Crippen molar-refractivity contribution in [1.82, 2.24) is 19.9 Å². The van der Waals surface area contributed by atoms with Gasteiger partial charge in [-0.15, -0.1) is 0 Å². The maximum Gasteiger partial charge on any atom is 0.237 e. The van der Waals surface area contributed by atoms with Gasteiger partial charge in [-0.3, -0.25) is 9.59 Å². The minimum Gasteiger partial charge on any atom is -0.353 e. The summed E-state index contributed by atoms with van der Waals surface area (Å²) < 4.78 is 1.98. The molecule has 2 amide bonds. The number of amides is 2. The number of nitrogens with zero attached hydrogens (tertiary/aromatic N) is 4. The van der Waals surface area contributed by atoms with Crippen LogP contribution in [0.15, 0.2) is 30.6 Å². The first-order valence-electron chi connectivity index (χ1n) is 12.2. The highest BCUT2D eigenvalue weighted by atomic mass is 35.5. The number of hydrogen-bond acceptors (Lipinski definition) is 4. The third kappa shape index (κ3) is 3.80. The second-order valence-corrected chi connectivity index (χ2v) is 11.6. The summed E-state index contributed by atoms with van der Waals surface area (Å²) in [6.45, 7) is 12.5. The van der Waals surface area contributed by atoms with E-state index in [2.05, 4.69) is 15.3 Å². The van der Waals surface area contributed by atoms with Crippen molar-refractivity contribution in [1.29, 1.82) is 0 Å². The smallest absolute Gasteiger partial charge is 0.237 e. The van der Waals surface area contributed by atoms with E-state index in [-0.39, 0.29) is 23.9 Å². The molecule has 0 radical (unpaired) electrons. The molecule has 0 unspecified atom stereocenters. The largest absolute Gasteiger partial charge is 0.353 e. The second kappa shape index (κ2) is 8.05. The number of hydrogen-bond donors (Lipinski definition) is 1. The quantitative estimate of drug-likeness (QED) is 0.513. The van der Waals surface area contributed by atoms with Gasteiger partial charge in [0.2, 0.25) is 11.8 Å². The highest BCUT2D eigenvalue weighted by Crippen LogP contribution is 2.47. The van der Waals surface area contributed by atoms with Crippen LogP contribution in [0.5, 0.6) is 0 Å². The molecule has 2 aromatic heterocycles. The lowest BCUT2D eigenvalue weighted by atomic mass is 9.83. The van der Waals surface area contributed by atoms with Gasteiger partial charge in [0.15, 0.2) is 5.15 Å². The van der Waals surface area contributed by atoms with Crippen molar-refractivity contribution >= 4 is 40.1 Å². The van der Waals surface area contributed by atoms with Gasteiger partial charge in [-0.1, -0.05) is 44.5 Å². The Balaban J connectivity index is 1.46. The van der Waals surface area contributed by atoms with Gasteiger partial charge in [0.1, 0.15) is 5.52 Å². The highest BCUT2D eigenvalue weighted by Gasteiger charge is 2.49. The van der Waals surface area contributed by atoms with E-state index >= 15 is 0 Å². The molecule has 7 nitrogen and oxygen atoms in total. The Hall–Kier alpha value is -2.93. The molecule has 1 aliphatic carbocycles. The number of aromatic nitrogens is 3. The number of anilines is 1. The average Bonchev–Trinajstić information content (AvgIpc) is 3.27. The number of pyridine rings is 1. The van der Waals surface area contributed by atoms with Crippen LogP contribution in [-0.4, -0.2) is 38.4 Å². The van der Waals surface area contributed by atoms with Crippen LogP contribution < -0.4 is 10.2 Å². The first kappa shape index (κ1) is 23.8. The summed E-state index contributed by atoms with van der Waals surface area (Å²) in [6.07, 6.45) is 3.27. The Morgan fingerprint density at radius 2 is 1.94 bits per heavy atom. The third-order valence-electron chi connectivity index (χ3n) is 7.37. The number of aryl methyl sites for hydroxylation is 1. The number of halogens is 1. The van der Waals surface area contributed by atoms with E-state index in [1.807, 2.05) is 75.3 Å². The average molecular weight is 494 g/mol. The number of fused-ring (bicyclic) bond motifs is 2. The van der Waals surface area contributed by atoms with Gasteiger partial charge in [-0.2, -0.15) is 0 Å². The molecule has 2 aliphatic rings. The SMILES string of the molecule is CCn1cnc2cc(-c3ccc4c(c3)N(C3CC(NC(=O)C(C)(C)C)C3)C(=O)C4(C)C)nc(Cl)c21. The fourth-order valence-electron chi connectivity index (χ4n) is 5.06. The van der Waals surface area contributed by atoms with Crippen LogP contribution in [0, 0.1) is 5.41 Å². The number of imidazole rings is 1. The molecular weight excluding hydrogens is 462 g/mol. The maximum absolute atomic E-state index is 13.5. The Labute approximate surface area is 210 Å². The molecule has 3 aromatic rings. The summed E-state index contributed by atoms with van der Waals surface area (Å²) in [7, 11) is 0. The molecule has 1 N–H and O–H groups in total. The predicted molar refractivity (Wildman–Crippen MR) is 139 cm³/mol. The standard InChI is InChI=1S/C27H32ClN5O2/c1-7-32-14-29-20-13-19(31-23(28)22(20)32)15-8-9-18-21(10-15)33(25(35)27(18,5)6)17-11-16(12-17)30-24(34)26(2,3)4/h8-10,13-14,16-17H,7,11-12H2,1-6H3,(H,30,34). The van der Waals surface area contributed by atoms with E-state index in [9.17, 15) is 9.59 Å².